The fourth-order valence-electron chi connectivity index (χ4n) is 2.53. The van der Waals surface area contributed by atoms with Gasteiger partial charge in [-0.15, -0.1) is 0 Å². The van der Waals surface area contributed by atoms with E-state index < -0.39 is 0 Å². The van der Waals surface area contributed by atoms with Crippen LogP contribution >= 0.6 is 0 Å². The molecule has 2 unspecified atom stereocenters. The van der Waals surface area contributed by atoms with Gasteiger partial charge in [-0.25, -0.2) is 4.39 Å². The molecule has 3 rings (SSSR count). The predicted molar refractivity (Wildman–Crippen MR) is 71.4 cm³/mol. The molecule has 5 heteroatoms. The van der Waals surface area contributed by atoms with Gasteiger partial charge in [0.15, 0.2) is 0 Å². The van der Waals surface area contributed by atoms with E-state index in [9.17, 15) is 4.39 Å². The number of pyridine rings is 1. The van der Waals surface area contributed by atoms with Gasteiger partial charge in [0.2, 0.25) is 0 Å². The molecule has 2 heterocycles. The molecule has 1 aliphatic carbocycles. The number of aromatic nitrogens is 1. The molecule has 0 bridgehead atoms. The Balaban J connectivity index is 1.70. The lowest BCUT2D eigenvalue weighted by atomic mass is 9.80. The summed E-state index contributed by atoms with van der Waals surface area (Å²) in [4.78, 5) is 4.15. The molecule has 1 saturated heterocycles. The molecule has 1 aliphatic heterocycles. The second-order valence-electron chi connectivity index (χ2n) is 6.53. The molecular weight excluding hydrogens is 244 g/mol. The van der Waals surface area contributed by atoms with Crippen molar-refractivity contribution in [2.24, 2.45) is 0 Å². The fraction of sp³-hybridized carbons (Fsp3) is 0.643. The normalized spacial score (nSPS) is 31.5. The third-order valence-corrected chi connectivity index (χ3v) is 4.59. The summed E-state index contributed by atoms with van der Waals surface area (Å²) in [6.07, 6.45) is 2.27. The zero-order valence-corrected chi connectivity index (χ0v) is 11.8. The van der Waals surface area contributed by atoms with Gasteiger partial charge in [0, 0.05) is 17.4 Å². The number of rotatable bonds is 2. The van der Waals surface area contributed by atoms with Gasteiger partial charge in [0.1, 0.15) is 5.82 Å². The van der Waals surface area contributed by atoms with Gasteiger partial charge in [0.25, 0.3) is 0 Å². The SMILES string of the molecule is CC1(C)OB(C2CC2c2ccc(F)cn2)OC1(C)C. The maximum Gasteiger partial charge on any atom is 0.461 e. The highest BCUT2D eigenvalue weighted by molar-refractivity contribution is 6.49. The highest BCUT2D eigenvalue weighted by Gasteiger charge is 2.60. The average Bonchev–Trinajstić information content (AvgIpc) is 3.04. The summed E-state index contributed by atoms with van der Waals surface area (Å²) in [5.41, 5.74) is 0.350. The Labute approximate surface area is 113 Å². The van der Waals surface area contributed by atoms with Crippen molar-refractivity contribution >= 4 is 7.12 Å². The summed E-state index contributed by atoms with van der Waals surface area (Å²) in [5.74, 6) is 0.367. The first kappa shape index (κ1) is 13.1. The Morgan fingerprint density at radius 3 is 2.37 bits per heavy atom. The molecule has 0 N–H and O–H groups in total. The topological polar surface area (TPSA) is 31.4 Å². The molecule has 0 aromatic carbocycles. The van der Waals surface area contributed by atoms with Gasteiger partial charge >= 0.3 is 7.12 Å². The lowest BCUT2D eigenvalue weighted by molar-refractivity contribution is 0.00578. The molecule has 0 amide bonds. The molecule has 1 aromatic heterocycles. The van der Waals surface area contributed by atoms with E-state index >= 15 is 0 Å². The van der Waals surface area contributed by atoms with Crippen LogP contribution in [0.25, 0.3) is 0 Å². The van der Waals surface area contributed by atoms with E-state index in [1.807, 2.05) is 0 Å². The van der Waals surface area contributed by atoms with Gasteiger partial charge < -0.3 is 9.31 Å². The minimum absolute atomic E-state index is 0.179. The number of hydrogen-bond acceptors (Lipinski definition) is 3. The molecule has 1 aromatic rings. The Morgan fingerprint density at radius 1 is 1.21 bits per heavy atom. The van der Waals surface area contributed by atoms with Crippen molar-refractivity contribution in [3.8, 4) is 0 Å². The summed E-state index contributed by atoms with van der Waals surface area (Å²) in [6, 6.07) is 3.22. The maximum absolute atomic E-state index is 12.9. The second kappa shape index (κ2) is 4.03. The molecular formula is C14H19BFNO2. The van der Waals surface area contributed by atoms with Crippen molar-refractivity contribution in [2.45, 2.75) is 57.1 Å². The highest BCUT2D eigenvalue weighted by atomic mass is 19.1. The Kier molecular flexibility index (Phi) is 2.77. The first-order valence-electron chi connectivity index (χ1n) is 6.77. The highest BCUT2D eigenvalue weighted by Crippen LogP contribution is 2.57. The molecule has 102 valence electrons. The van der Waals surface area contributed by atoms with E-state index in [2.05, 4.69) is 32.7 Å². The van der Waals surface area contributed by atoms with E-state index in [0.717, 1.165) is 12.1 Å². The summed E-state index contributed by atoms with van der Waals surface area (Å²) in [7, 11) is -0.179. The summed E-state index contributed by atoms with van der Waals surface area (Å²) >= 11 is 0. The Bertz CT molecular complexity index is 473. The Morgan fingerprint density at radius 2 is 1.84 bits per heavy atom. The number of halogens is 1. The van der Waals surface area contributed by atoms with Crippen molar-refractivity contribution in [1.29, 1.82) is 0 Å². The molecule has 2 aliphatic rings. The van der Waals surface area contributed by atoms with Crippen molar-refractivity contribution in [3.63, 3.8) is 0 Å². The van der Waals surface area contributed by atoms with Gasteiger partial charge in [-0.3, -0.25) is 4.98 Å². The van der Waals surface area contributed by atoms with E-state index in [1.165, 1.54) is 12.3 Å². The van der Waals surface area contributed by atoms with Crippen LogP contribution in [0.3, 0.4) is 0 Å². The molecule has 1 saturated carbocycles. The summed E-state index contributed by atoms with van der Waals surface area (Å²) in [6.45, 7) is 8.22. The molecule has 19 heavy (non-hydrogen) atoms. The predicted octanol–water partition coefficient (Wildman–Crippen LogP) is 3.17. The van der Waals surface area contributed by atoms with E-state index in [1.54, 1.807) is 6.07 Å². The third-order valence-electron chi connectivity index (χ3n) is 4.59. The van der Waals surface area contributed by atoms with Gasteiger partial charge in [0.05, 0.1) is 17.4 Å². The fourth-order valence-corrected chi connectivity index (χ4v) is 2.53. The zero-order chi connectivity index (χ0) is 13.8. The minimum atomic E-state index is -0.295. The zero-order valence-electron chi connectivity index (χ0n) is 11.8. The summed E-state index contributed by atoms with van der Waals surface area (Å²) in [5, 5.41) is 0. The van der Waals surface area contributed by atoms with Crippen LogP contribution < -0.4 is 0 Å². The van der Waals surface area contributed by atoms with Gasteiger partial charge in [-0.1, -0.05) is 0 Å². The second-order valence-corrected chi connectivity index (χ2v) is 6.53. The van der Waals surface area contributed by atoms with Crippen LogP contribution in [-0.4, -0.2) is 23.3 Å². The first-order chi connectivity index (χ1) is 8.80. The molecule has 3 nitrogen and oxygen atoms in total. The monoisotopic (exact) mass is 263 g/mol. The molecule has 0 spiro atoms. The average molecular weight is 263 g/mol. The molecule has 2 atom stereocenters. The van der Waals surface area contributed by atoms with E-state index in [0.29, 0.717) is 11.7 Å². The lowest BCUT2D eigenvalue weighted by Crippen LogP contribution is -2.41. The van der Waals surface area contributed by atoms with Crippen molar-refractivity contribution in [2.75, 3.05) is 0 Å². The van der Waals surface area contributed by atoms with Crippen LogP contribution in [0, 0.1) is 5.82 Å². The number of nitrogens with zero attached hydrogens (tertiary/aromatic N) is 1. The first-order valence-corrected chi connectivity index (χ1v) is 6.77. The van der Waals surface area contributed by atoms with Crippen LogP contribution in [0.1, 0.15) is 45.7 Å². The van der Waals surface area contributed by atoms with Crippen LogP contribution in [0.4, 0.5) is 4.39 Å². The smallest absolute Gasteiger partial charge is 0.403 e. The largest absolute Gasteiger partial charge is 0.461 e. The van der Waals surface area contributed by atoms with Crippen LogP contribution in [0.2, 0.25) is 5.82 Å². The minimum Gasteiger partial charge on any atom is -0.403 e. The maximum atomic E-state index is 12.9. The van der Waals surface area contributed by atoms with Gasteiger partial charge in [-0.2, -0.15) is 0 Å². The number of hydrogen-bond donors (Lipinski definition) is 0. The Hall–Kier alpha value is -0.935. The van der Waals surface area contributed by atoms with Crippen molar-refractivity contribution < 1.29 is 13.7 Å². The van der Waals surface area contributed by atoms with E-state index in [-0.39, 0.29) is 24.1 Å². The van der Waals surface area contributed by atoms with E-state index in [4.69, 9.17) is 9.31 Å². The standard InChI is InChI=1S/C14H19BFNO2/c1-13(2)14(3,4)19-15(18-13)11-7-10(11)12-6-5-9(16)8-17-12/h5-6,8,10-11H,7H2,1-4H3. The van der Waals surface area contributed by atoms with Crippen LogP contribution in [-0.2, 0) is 9.31 Å². The molecule has 2 fully saturated rings. The summed E-state index contributed by atoms with van der Waals surface area (Å²) < 4.78 is 24.9. The van der Waals surface area contributed by atoms with Crippen molar-refractivity contribution in [1.82, 2.24) is 4.98 Å². The lowest BCUT2D eigenvalue weighted by Gasteiger charge is -2.32. The quantitative estimate of drug-likeness (QED) is 0.768. The molecule has 0 radical (unpaired) electrons. The third kappa shape index (κ3) is 2.19. The van der Waals surface area contributed by atoms with Crippen LogP contribution in [0.5, 0.6) is 0 Å². The van der Waals surface area contributed by atoms with Crippen LogP contribution in [0.15, 0.2) is 18.3 Å². The van der Waals surface area contributed by atoms with Gasteiger partial charge in [-0.05, 0) is 46.2 Å². The van der Waals surface area contributed by atoms with Crippen molar-refractivity contribution in [3.05, 3.63) is 29.8 Å².